The van der Waals surface area contributed by atoms with E-state index in [1.165, 1.54) is 0 Å². The maximum Gasteiger partial charge on any atom is 0.197 e. The number of rotatable bonds is 8. The van der Waals surface area contributed by atoms with Crippen molar-refractivity contribution in [3.8, 4) is 78.9 Å². The van der Waals surface area contributed by atoms with Crippen molar-refractivity contribution in [1.82, 2.24) is 24.1 Å². The number of hydrogen-bond donors (Lipinski definition) is 0. The molecule has 0 aliphatic heterocycles. The number of furan rings is 4. The maximum absolute atomic E-state index is 9.61. The highest BCUT2D eigenvalue weighted by atomic mass is 16.3. The molecule has 454 valence electrons. The monoisotopic (exact) mass is 1250 g/mol. The summed E-state index contributed by atoms with van der Waals surface area (Å²) in [5, 5.41) is 11.6. The van der Waals surface area contributed by atoms with Crippen molar-refractivity contribution in [1.29, 1.82) is 0 Å². The first-order valence-electron chi connectivity index (χ1n) is 32.7. The Morgan fingerprint density at radius 1 is 0.265 bits per heavy atom. The standard InChI is InChI=1S/C88H48N6O4/c1-89-68-49-67(88-91-86(55-35-43-77-63(47-55)59-27-13-15-29-73(59)95-77)90-87(92-88)56-36-44-78-64(48-56)60-28-14-16-30-74(60)96-78)82(93-69-39-33-53(50-19-5-2-6-20-50)45-65(69)80-71(93)41-37-61-57-25-11-17-31-75(57)97-84(61)80)83(79(68)52-23-9-4-10-24-52)94-70-40-34-54(51-21-7-3-8-22-51)46-66(70)81-72(94)42-38-62-58-26-12-18-32-76(58)98-85(62)81/h2-49H. The lowest BCUT2D eigenvalue weighted by molar-refractivity contribution is 0.668. The van der Waals surface area contributed by atoms with Gasteiger partial charge < -0.3 is 26.8 Å². The minimum atomic E-state index is 0.340. The predicted octanol–water partition coefficient (Wildman–Crippen LogP) is 24.2. The lowest BCUT2D eigenvalue weighted by Crippen LogP contribution is -2.10. The Morgan fingerprint density at radius 3 is 1.10 bits per heavy atom. The van der Waals surface area contributed by atoms with Gasteiger partial charge in [-0.25, -0.2) is 19.8 Å². The third-order valence-corrected chi connectivity index (χ3v) is 19.8. The summed E-state index contributed by atoms with van der Waals surface area (Å²) in [5.41, 5.74) is 19.4. The first kappa shape index (κ1) is 53.8. The van der Waals surface area contributed by atoms with E-state index < -0.39 is 0 Å². The minimum Gasteiger partial charge on any atom is -0.456 e. The number of hydrogen-bond acceptors (Lipinski definition) is 7. The molecule has 0 atom stereocenters. The van der Waals surface area contributed by atoms with Gasteiger partial charge in [0.05, 0.1) is 50.8 Å². The van der Waals surface area contributed by atoms with E-state index in [4.69, 9.17) is 32.6 Å². The van der Waals surface area contributed by atoms with Crippen molar-refractivity contribution in [3.63, 3.8) is 0 Å². The van der Waals surface area contributed by atoms with Gasteiger partial charge in [0.25, 0.3) is 0 Å². The molecule has 0 aliphatic carbocycles. The Hall–Kier alpha value is -13.6. The number of benzene rings is 14. The molecule has 14 aromatic carbocycles. The minimum absolute atomic E-state index is 0.340. The van der Waals surface area contributed by atoms with Crippen LogP contribution in [0.3, 0.4) is 0 Å². The zero-order chi connectivity index (χ0) is 64.3. The smallest absolute Gasteiger partial charge is 0.197 e. The fourth-order valence-corrected chi connectivity index (χ4v) is 15.4. The van der Waals surface area contributed by atoms with E-state index in [2.05, 4.69) is 196 Å². The van der Waals surface area contributed by atoms with Crippen LogP contribution in [0.5, 0.6) is 0 Å². The molecule has 0 N–H and O–H groups in total. The molecule has 0 aliphatic rings. The summed E-state index contributed by atoms with van der Waals surface area (Å²) < 4.78 is 31.9. The molecule has 0 bridgehead atoms. The van der Waals surface area contributed by atoms with Crippen LogP contribution in [-0.4, -0.2) is 24.1 Å². The summed E-state index contributed by atoms with van der Waals surface area (Å²) in [6.45, 7) is 9.61. The molecule has 0 unspecified atom stereocenters. The Bertz CT molecular complexity index is 6870. The molecule has 0 spiro atoms. The SMILES string of the molecule is [C-]#[N+]c1cc(-c2nc(-c3ccc4oc5ccccc5c4c3)nc(-c3ccc4oc5ccccc5c4c3)n2)c(-n2c3ccc(-c4ccccc4)cc3c3c4oc5ccccc5c4ccc32)c(-n2c3ccc(-c4ccccc4)cc3c3c4oc5ccccc5c4ccc32)c1-c1ccccc1. The molecule has 21 rings (SSSR count). The number of para-hydroxylation sites is 4. The van der Waals surface area contributed by atoms with Gasteiger partial charge in [0.15, 0.2) is 23.2 Å². The first-order valence-corrected chi connectivity index (χ1v) is 32.7. The highest BCUT2D eigenvalue weighted by Gasteiger charge is 2.32. The third kappa shape index (κ3) is 7.92. The fraction of sp³-hybridized carbons (Fsp3) is 0. The van der Waals surface area contributed by atoms with Gasteiger partial charge in [-0.15, -0.1) is 0 Å². The van der Waals surface area contributed by atoms with Gasteiger partial charge in [-0.1, -0.05) is 176 Å². The topological polar surface area (TPSA) is 105 Å². The molecule has 0 amide bonds. The summed E-state index contributed by atoms with van der Waals surface area (Å²) >= 11 is 0. The van der Waals surface area contributed by atoms with Crippen molar-refractivity contribution in [2.24, 2.45) is 0 Å². The molecular formula is C88H48N6O4. The number of nitrogens with zero attached hydrogens (tertiary/aromatic N) is 6. The van der Waals surface area contributed by atoms with Crippen LogP contribution in [0.4, 0.5) is 5.69 Å². The van der Waals surface area contributed by atoms with E-state index in [1.54, 1.807) is 0 Å². The average Bonchev–Trinajstić information content (AvgIpc) is 1.51. The second kappa shape index (κ2) is 20.7. The van der Waals surface area contributed by atoms with Crippen LogP contribution in [0.25, 0.3) is 215 Å². The summed E-state index contributed by atoms with van der Waals surface area (Å²) in [7, 11) is 0. The van der Waals surface area contributed by atoms with E-state index in [9.17, 15) is 6.57 Å². The summed E-state index contributed by atoms with van der Waals surface area (Å²) in [6, 6.07) is 101. The Labute approximate surface area is 557 Å². The van der Waals surface area contributed by atoms with E-state index in [1.807, 2.05) is 109 Å². The van der Waals surface area contributed by atoms with Crippen LogP contribution < -0.4 is 0 Å². The molecule has 0 fully saturated rings. The molecule has 98 heavy (non-hydrogen) atoms. The predicted molar refractivity (Wildman–Crippen MR) is 396 cm³/mol. The van der Waals surface area contributed by atoms with Crippen LogP contribution in [0.1, 0.15) is 0 Å². The van der Waals surface area contributed by atoms with Crippen molar-refractivity contribution < 1.29 is 17.7 Å². The van der Waals surface area contributed by atoms with Gasteiger partial charge in [-0.3, -0.25) is 0 Å². The quantitative estimate of drug-likeness (QED) is 0.140. The van der Waals surface area contributed by atoms with Gasteiger partial charge in [0.1, 0.15) is 44.7 Å². The Balaban J connectivity index is 0.971. The van der Waals surface area contributed by atoms with E-state index >= 15 is 0 Å². The second-order valence-corrected chi connectivity index (χ2v) is 25.2. The van der Waals surface area contributed by atoms with Gasteiger partial charge >= 0.3 is 0 Å². The highest BCUT2D eigenvalue weighted by molar-refractivity contribution is 6.27. The molecule has 0 saturated carbocycles. The zero-order valence-corrected chi connectivity index (χ0v) is 52.0. The average molecular weight is 1250 g/mol. The van der Waals surface area contributed by atoms with Crippen molar-refractivity contribution in [2.75, 3.05) is 0 Å². The van der Waals surface area contributed by atoms with Crippen LogP contribution in [0.2, 0.25) is 0 Å². The fourth-order valence-electron chi connectivity index (χ4n) is 15.4. The molecule has 10 nitrogen and oxygen atoms in total. The molecule has 0 saturated heterocycles. The van der Waals surface area contributed by atoms with E-state index in [0.29, 0.717) is 40.0 Å². The van der Waals surface area contributed by atoms with Gasteiger partial charge in [-0.05, 0) is 143 Å². The number of aromatic nitrogens is 5. The van der Waals surface area contributed by atoms with Gasteiger partial charge in [0.2, 0.25) is 0 Å². The van der Waals surface area contributed by atoms with Gasteiger partial charge in [-0.2, -0.15) is 0 Å². The largest absolute Gasteiger partial charge is 0.456 e. The molecule has 7 aromatic heterocycles. The number of fused-ring (bicyclic) bond motifs is 20. The van der Waals surface area contributed by atoms with Crippen LogP contribution in [0.15, 0.2) is 309 Å². The van der Waals surface area contributed by atoms with Crippen molar-refractivity contribution in [3.05, 3.63) is 303 Å². The molecule has 10 heteroatoms. The van der Waals surface area contributed by atoms with Crippen LogP contribution >= 0.6 is 0 Å². The summed E-state index contributed by atoms with van der Waals surface area (Å²) in [5.74, 6) is 1.19. The van der Waals surface area contributed by atoms with E-state index in [0.717, 1.165) is 176 Å². The van der Waals surface area contributed by atoms with E-state index in [-0.39, 0.29) is 0 Å². The molecule has 21 aromatic rings. The van der Waals surface area contributed by atoms with Crippen LogP contribution in [-0.2, 0) is 0 Å². The molecule has 0 radical (unpaired) electrons. The summed E-state index contributed by atoms with van der Waals surface area (Å²) in [6.07, 6.45) is 0. The highest BCUT2D eigenvalue weighted by Crippen LogP contribution is 2.53. The molecular weight excluding hydrogens is 1210 g/mol. The lowest BCUT2D eigenvalue weighted by Gasteiger charge is -2.25. The van der Waals surface area contributed by atoms with Crippen molar-refractivity contribution >= 4 is 137 Å². The van der Waals surface area contributed by atoms with Crippen molar-refractivity contribution in [2.45, 2.75) is 0 Å². The zero-order valence-electron chi connectivity index (χ0n) is 52.0. The van der Waals surface area contributed by atoms with Crippen LogP contribution in [0, 0.1) is 6.57 Å². The Kier molecular flexibility index (Phi) is 11.4. The molecule has 7 heterocycles. The van der Waals surface area contributed by atoms with Gasteiger partial charge in [0, 0.05) is 76.1 Å². The first-order chi connectivity index (χ1) is 48.5. The lowest BCUT2D eigenvalue weighted by atomic mass is 9.95. The third-order valence-electron chi connectivity index (χ3n) is 19.8. The Morgan fingerprint density at radius 2 is 0.633 bits per heavy atom. The second-order valence-electron chi connectivity index (χ2n) is 25.2. The normalized spacial score (nSPS) is 12.1. The maximum atomic E-state index is 9.61. The summed E-state index contributed by atoms with van der Waals surface area (Å²) in [4.78, 5) is 21.6.